The van der Waals surface area contributed by atoms with Crippen molar-refractivity contribution in [3.63, 3.8) is 0 Å². The standard InChI is InChI=1S/C15H23NO4S/c1-11(2)20-15-12(5-4-6-14(15)19-3)9-16-13-7-8-21(17,18)10-13/h4-6,11,13,16H,7-10H2,1-3H3. The van der Waals surface area contributed by atoms with E-state index in [1.54, 1.807) is 7.11 Å². The monoisotopic (exact) mass is 313 g/mol. The van der Waals surface area contributed by atoms with E-state index in [0.29, 0.717) is 18.7 Å². The molecular weight excluding hydrogens is 290 g/mol. The van der Waals surface area contributed by atoms with Gasteiger partial charge < -0.3 is 14.8 Å². The molecule has 0 spiro atoms. The highest BCUT2D eigenvalue weighted by Crippen LogP contribution is 2.32. The first-order chi connectivity index (χ1) is 9.91. The summed E-state index contributed by atoms with van der Waals surface area (Å²) in [5.41, 5.74) is 0.979. The van der Waals surface area contributed by atoms with Crippen LogP contribution in [0.1, 0.15) is 25.8 Å². The molecule has 1 aromatic rings. The zero-order valence-electron chi connectivity index (χ0n) is 12.8. The van der Waals surface area contributed by atoms with Crippen LogP contribution in [-0.4, -0.2) is 39.2 Å². The van der Waals surface area contributed by atoms with Crippen molar-refractivity contribution in [1.29, 1.82) is 0 Å². The Morgan fingerprint density at radius 1 is 1.38 bits per heavy atom. The van der Waals surface area contributed by atoms with Crippen molar-refractivity contribution >= 4 is 9.84 Å². The van der Waals surface area contributed by atoms with Crippen molar-refractivity contribution in [1.82, 2.24) is 5.32 Å². The number of sulfone groups is 1. The predicted octanol–water partition coefficient (Wildman–Crippen LogP) is 1.76. The van der Waals surface area contributed by atoms with E-state index in [0.717, 1.165) is 11.3 Å². The van der Waals surface area contributed by atoms with Gasteiger partial charge in [-0.15, -0.1) is 0 Å². The van der Waals surface area contributed by atoms with Gasteiger partial charge in [-0.1, -0.05) is 12.1 Å². The second-order valence-electron chi connectivity index (χ2n) is 5.60. The van der Waals surface area contributed by atoms with Crippen molar-refractivity contribution < 1.29 is 17.9 Å². The topological polar surface area (TPSA) is 64.6 Å². The summed E-state index contributed by atoms with van der Waals surface area (Å²) in [6, 6.07) is 5.76. The Balaban J connectivity index is 2.09. The molecule has 0 bridgehead atoms. The number of benzene rings is 1. The molecule has 1 fully saturated rings. The van der Waals surface area contributed by atoms with Crippen molar-refractivity contribution in [2.45, 2.75) is 39.0 Å². The van der Waals surface area contributed by atoms with Gasteiger partial charge in [0, 0.05) is 18.2 Å². The summed E-state index contributed by atoms with van der Waals surface area (Å²) in [6.07, 6.45) is 0.721. The SMILES string of the molecule is COc1cccc(CNC2CCS(=O)(=O)C2)c1OC(C)C. The van der Waals surface area contributed by atoms with Crippen LogP contribution in [0.25, 0.3) is 0 Å². The summed E-state index contributed by atoms with van der Waals surface area (Å²) >= 11 is 0. The summed E-state index contributed by atoms with van der Waals surface area (Å²) < 4.78 is 34.1. The van der Waals surface area contributed by atoms with E-state index in [-0.39, 0.29) is 23.7 Å². The van der Waals surface area contributed by atoms with Gasteiger partial charge in [0.2, 0.25) is 0 Å². The number of hydrogen-bond donors (Lipinski definition) is 1. The number of para-hydroxylation sites is 1. The highest BCUT2D eigenvalue weighted by atomic mass is 32.2. The lowest BCUT2D eigenvalue weighted by Gasteiger charge is -2.19. The molecule has 1 aromatic carbocycles. The second kappa shape index (κ2) is 6.66. The van der Waals surface area contributed by atoms with E-state index in [1.807, 2.05) is 32.0 Å². The molecule has 21 heavy (non-hydrogen) atoms. The number of methoxy groups -OCH3 is 1. The van der Waals surface area contributed by atoms with Crippen LogP contribution in [0.15, 0.2) is 18.2 Å². The summed E-state index contributed by atoms with van der Waals surface area (Å²) in [4.78, 5) is 0. The van der Waals surface area contributed by atoms with Gasteiger partial charge >= 0.3 is 0 Å². The Bertz CT molecular complexity index is 583. The molecule has 6 heteroatoms. The second-order valence-corrected chi connectivity index (χ2v) is 7.82. The molecule has 0 aromatic heterocycles. The maximum Gasteiger partial charge on any atom is 0.166 e. The largest absolute Gasteiger partial charge is 0.493 e. The molecule has 1 unspecified atom stereocenters. The lowest BCUT2D eigenvalue weighted by molar-refractivity contribution is 0.227. The third-order valence-corrected chi connectivity index (χ3v) is 5.22. The summed E-state index contributed by atoms with van der Waals surface area (Å²) in [7, 11) is -1.25. The van der Waals surface area contributed by atoms with Crippen molar-refractivity contribution in [3.05, 3.63) is 23.8 Å². The lowest BCUT2D eigenvalue weighted by Crippen LogP contribution is -2.29. The molecule has 1 heterocycles. The van der Waals surface area contributed by atoms with E-state index in [9.17, 15) is 8.42 Å². The minimum Gasteiger partial charge on any atom is -0.493 e. The number of nitrogens with one attached hydrogen (secondary N) is 1. The fourth-order valence-electron chi connectivity index (χ4n) is 2.44. The Labute approximate surface area is 126 Å². The van der Waals surface area contributed by atoms with Crippen LogP contribution in [0.3, 0.4) is 0 Å². The molecule has 5 nitrogen and oxygen atoms in total. The van der Waals surface area contributed by atoms with E-state index in [2.05, 4.69) is 5.32 Å². The molecule has 1 saturated heterocycles. The van der Waals surface area contributed by atoms with Crippen molar-refractivity contribution in [2.75, 3.05) is 18.6 Å². The van der Waals surface area contributed by atoms with Gasteiger partial charge in [-0.2, -0.15) is 0 Å². The molecule has 1 N–H and O–H groups in total. The number of ether oxygens (including phenoxy) is 2. The van der Waals surface area contributed by atoms with Crippen molar-refractivity contribution in [3.8, 4) is 11.5 Å². The zero-order valence-corrected chi connectivity index (χ0v) is 13.6. The summed E-state index contributed by atoms with van der Waals surface area (Å²) in [5, 5.41) is 3.30. The van der Waals surface area contributed by atoms with Gasteiger partial charge in [-0.25, -0.2) is 8.42 Å². The smallest absolute Gasteiger partial charge is 0.166 e. The van der Waals surface area contributed by atoms with Crippen LogP contribution >= 0.6 is 0 Å². The number of hydrogen-bond acceptors (Lipinski definition) is 5. The minimum absolute atomic E-state index is 0.0214. The first-order valence-electron chi connectivity index (χ1n) is 7.17. The van der Waals surface area contributed by atoms with E-state index >= 15 is 0 Å². The Kier molecular flexibility index (Phi) is 5.11. The number of rotatable bonds is 6. The van der Waals surface area contributed by atoms with Crippen LogP contribution in [0, 0.1) is 0 Å². The maximum absolute atomic E-state index is 11.5. The average molecular weight is 313 g/mol. The van der Waals surface area contributed by atoms with Crippen LogP contribution in [0.5, 0.6) is 11.5 Å². The first-order valence-corrected chi connectivity index (χ1v) is 9.00. The van der Waals surface area contributed by atoms with Gasteiger partial charge in [0.05, 0.1) is 24.7 Å². The van der Waals surface area contributed by atoms with Crippen LogP contribution < -0.4 is 14.8 Å². The molecule has 0 saturated carbocycles. The zero-order chi connectivity index (χ0) is 15.5. The highest BCUT2D eigenvalue weighted by Gasteiger charge is 2.27. The fraction of sp³-hybridized carbons (Fsp3) is 0.600. The van der Waals surface area contributed by atoms with Gasteiger partial charge in [0.1, 0.15) is 0 Å². The highest BCUT2D eigenvalue weighted by molar-refractivity contribution is 7.91. The van der Waals surface area contributed by atoms with Gasteiger partial charge in [-0.3, -0.25) is 0 Å². The molecule has 1 aliphatic rings. The lowest BCUT2D eigenvalue weighted by atomic mass is 10.1. The Hall–Kier alpha value is -1.27. The molecule has 0 radical (unpaired) electrons. The minimum atomic E-state index is -2.86. The van der Waals surface area contributed by atoms with Gasteiger partial charge in [-0.05, 0) is 26.3 Å². The van der Waals surface area contributed by atoms with E-state index in [4.69, 9.17) is 9.47 Å². The van der Waals surface area contributed by atoms with Gasteiger partial charge in [0.15, 0.2) is 21.3 Å². The van der Waals surface area contributed by atoms with Crippen LogP contribution in [-0.2, 0) is 16.4 Å². The third kappa shape index (κ3) is 4.35. The Morgan fingerprint density at radius 2 is 2.14 bits per heavy atom. The predicted molar refractivity (Wildman–Crippen MR) is 82.7 cm³/mol. The van der Waals surface area contributed by atoms with E-state index in [1.165, 1.54) is 0 Å². The summed E-state index contributed by atoms with van der Waals surface area (Å²) in [6.45, 7) is 4.50. The van der Waals surface area contributed by atoms with E-state index < -0.39 is 9.84 Å². The molecule has 2 rings (SSSR count). The molecular formula is C15H23NO4S. The molecule has 1 atom stereocenters. The quantitative estimate of drug-likeness (QED) is 0.867. The Morgan fingerprint density at radius 3 is 2.71 bits per heavy atom. The summed E-state index contributed by atoms with van der Waals surface area (Å²) in [5.74, 6) is 1.92. The third-order valence-electron chi connectivity index (χ3n) is 3.45. The molecule has 1 aliphatic heterocycles. The normalized spacial score (nSPS) is 20.7. The molecule has 0 aliphatic carbocycles. The van der Waals surface area contributed by atoms with Gasteiger partial charge in [0.25, 0.3) is 0 Å². The molecule has 0 amide bonds. The molecule has 118 valence electrons. The van der Waals surface area contributed by atoms with Crippen molar-refractivity contribution in [2.24, 2.45) is 0 Å². The van der Waals surface area contributed by atoms with Crippen LogP contribution in [0.2, 0.25) is 0 Å². The fourth-order valence-corrected chi connectivity index (χ4v) is 4.15. The average Bonchev–Trinajstić information content (AvgIpc) is 2.76. The maximum atomic E-state index is 11.5. The first kappa shape index (κ1) is 16.1. The van der Waals surface area contributed by atoms with Crippen LogP contribution in [0.4, 0.5) is 0 Å².